The van der Waals surface area contributed by atoms with Crippen LogP contribution in [0.3, 0.4) is 0 Å². The standard InChI is InChI=1S/C30H39N5O4/c1-3-34-15-11-23(12-16-34)32-24-18-25-26(33-29(36)22-13-17-39-20-22)27(30(37)38-2)35(28(25)31-19-24)14-7-10-21-8-5-4-6-9-21/h4-6,8-9,18-19,22-23,32H,3,7,10-17,20H2,1-2H3,(H,33,36). The van der Waals surface area contributed by atoms with Crippen LogP contribution in [0.15, 0.2) is 42.6 Å². The molecule has 2 N–H and O–H groups in total. The second-order valence-corrected chi connectivity index (χ2v) is 10.5. The Balaban J connectivity index is 1.47. The van der Waals surface area contributed by atoms with Crippen molar-refractivity contribution in [3.63, 3.8) is 0 Å². The summed E-state index contributed by atoms with van der Waals surface area (Å²) in [4.78, 5) is 33.6. The second kappa shape index (κ2) is 12.6. The summed E-state index contributed by atoms with van der Waals surface area (Å²) in [7, 11) is 1.37. The van der Waals surface area contributed by atoms with Gasteiger partial charge in [0.05, 0.1) is 37.2 Å². The fourth-order valence-corrected chi connectivity index (χ4v) is 5.64. The largest absolute Gasteiger partial charge is 0.464 e. The van der Waals surface area contributed by atoms with Crippen molar-refractivity contribution in [3.05, 3.63) is 53.9 Å². The van der Waals surface area contributed by atoms with Gasteiger partial charge < -0.3 is 29.6 Å². The predicted octanol–water partition coefficient (Wildman–Crippen LogP) is 4.33. The maximum atomic E-state index is 13.2. The highest BCUT2D eigenvalue weighted by atomic mass is 16.5. The molecule has 1 unspecified atom stereocenters. The highest BCUT2D eigenvalue weighted by molar-refractivity contribution is 6.11. The lowest BCUT2D eigenvalue weighted by Gasteiger charge is -2.31. The molecule has 2 aliphatic heterocycles. The van der Waals surface area contributed by atoms with E-state index in [4.69, 9.17) is 14.5 Å². The number of pyridine rings is 1. The first-order valence-corrected chi connectivity index (χ1v) is 14.1. The van der Waals surface area contributed by atoms with E-state index in [0.717, 1.165) is 56.4 Å². The number of carbonyl (C=O) groups excluding carboxylic acids is 2. The number of anilines is 2. The maximum Gasteiger partial charge on any atom is 0.356 e. The Morgan fingerprint density at radius 2 is 1.95 bits per heavy atom. The van der Waals surface area contributed by atoms with Crippen molar-refractivity contribution in [3.8, 4) is 0 Å². The number of aryl methyl sites for hydroxylation is 2. The molecule has 0 radical (unpaired) electrons. The number of benzene rings is 1. The summed E-state index contributed by atoms with van der Waals surface area (Å²) in [5, 5.41) is 7.45. The zero-order chi connectivity index (χ0) is 27.2. The second-order valence-electron chi connectivity index (χ2n) is 10.5. The number of piperidine rings is 1. The molecular weight excluding hydrogens is 494 g/mol. The Kier molecular flexibility index (Phi) is 8.78. The molecule has 2 aliphatic rings. The van der Waals surface area contributed by atoms with Gasteiger partial charge in [0.25, 0.3) is 0 Å². The van der Waals surface area contributed by atoms with Crippen LogP contribution in [0.4, 0.5) is 11.4 Å². The minimum absolute atomic E-state index is 0.147. The first kappa shape index (κ1) is 27.1. The number of amides is 1. The molecule has 0 bridgehead atoms. The number of nitrogens with one attached hydrogen (secondary N) is 2. The van der Waals surface area contributed by atoms with Crippen molar-refractivity contribution < 1.29 is 19.1 Å². The number of fused-ring (bicyclic) bond motifs is 1. The summed E-state index contributed by atoms with van der Waals surface area (Å²) in [6.07, 6.45) is 6.28. The number of aromatic nitrogens is 2. The summed E-state index contributed by atoms with van der Waals surface area (Å²) in [6, 6.07) is 12.6. The fourth-order valence-electron chi connectivity index (χ4n) is 5.64. The van der Waals surface area contributed by atoms with E-state index in [2.05, 4.69) is 34.6 Å². The minimum atomic E-state index is -0.493. The predicted molar refractivity (Wildman–Crippen MR) is 152 cm³/mol. The summed E-state index contributed by atoms with van der Waals surface area (Å²) < 4.78 is 12.5. The molecule has 9 nitrogen and oxygen atoms in total. The molecule has 0 spiro atoms. The van der Waals surface area contributed by atoms with Gasteiger partial charge in [-0.05, 0) is 50.3 Å². The number of rotatable bonds is 10. The van der Waals surface area contributed by atoms with Gasteiger partial charge in [-0.3, -0.25) is 4.79 Å². The van der Waals surface area contributed by atoms with E-state index < -0.39 is 5.97 Å². The molecule has 2 saturated heterocycles. The smallest absolute Gasteiger partial charge is 0.356 e. The molecule has 0 saturated carbocycles. The molecule has 0 aliphatic carbocycles. The molecule has 5 rings (SSSR count). The van der Waals surface area contributed by atoms with Crippen LogP contribution in [-0.4, -0.2) is 72.3 Å². The average molecular weight is 534 g/mol. The third-order valence-electron chi connectivity index (χ3n) is 7.92. The molecule has 2 fully saturated rings. The molecule has 9 heteroatoms. The molecule has 1 amide bonds. The van der Waals surface area contributed by atoms with Crippen molar-refractivity contribution in [1.82, 2.24) is 14.5 Å². The van der Waals surface area contributed by atoms with E-state index in [1.165, 1.54) is 12.7 Å². The quantitative estimate of drug-likeness (QED) is 0.375. The third kappa shape index (κ3) is 6.25. The zero-order valence-electron chi connectivity index (χ0n) is 22.9. The molecular formula is C30H39N5O4. The van der Waals surface area contributed by atoms with Crippen LogP contribution in [0, 0.1) is 5.92 Å². The lowest BCUT2D eigenvalue weighted by Crippen LogP contribution is -2.38. The van der Waals surface area contributed by atoms with Gasteiger partial charge in [0.15, 0.2) is 5.69 Å². The van der Waals surface area contributed by atoms with Crippen LogP contribution in [0.5, 0.6) is 0 Å². The lowest BCUT2D eigenvalue weighted by atomic mass is 10.0. The van der Waals surface area contributed by atoms with Crippen LogP contribution >= 0.6 is 0 Å². The molecule has 1 aromatic carbocycles. The highest BCUT2D eigenvalue weighted by Gasteiger charge is 2.30. The third-order valence-corrected chi connectivity index (χ3v) is 7.92. The topological polar surface area (TPSA) is 97.7 Å². The number of carbonyl (C=O) groups is 2. The van der Waals surface area contributed by atoms with Gasteiger partial charge in [-0.2, -0.15) is 0 Å². The van der Waals surface area contributed by atoms with Crippen LogP contribution in [0.25, 0.3) is 11.0 Å². The molecule has 2 aromatic heterocycles. The number of hydrogen-bond donors (Lipinski definition) is 2. The Labute approximate surface area is 229 Å². The zero-order valence-corrected chi connectivity index (χ0v) is 22.9. The van der Waals surface area contributed by atoms with Crippen molar-refractivity contribution in [1.29, 1.82) is 0 Å². The average Bonchev–Trinajstić information content (AvgIpc) is 3.61. The van der Waals surface area contributed by atoms with Gasteiger partial charge in [0, 0.05) is 37.7 Å². The van der Waals surface area contributed by atoms with E-state index in [1.807, 2.05) is 35.0 Å². The Morgan fingerprint density at radius 1 is 1.15 bits per heavy atom. The van der Waals surface area contributed by atoms with Gasteiger partial charge in [-0.1, -0.05) is 37.3 Å². The van der Waals surface area contributed by atoms with Crippen LogP contribution in [0.2, 0.25) is 0 Å². The Bertz CT molecular complexity index is 1280. The number of likely N-dealkylation sites (tertiary alicyclic amines) is 1. The first-order valence-electron chi connectivity index (χ1n) is 14.1. The van der Waals surface area contributed by atoms with Crippen LogP contribution in [-0.2, 0) is 27.2 Å². The molecule has 39 heavy (non-hydrogen) atoms. The minimum Gasteiger partial charge on any atom is -0.464 e. The van der Waals surface area contributed by atoms with Crippen molar-refractivity contribution in [2.75, 3.05) is 50.6 Å². The van der Waals surface area contributed by atoms with Gasteiger partial charge >= 0.3 is 5.97 Å². The Morgan fingerprint density at radius 3 is 2.64 bits per heavy atom. The van der Waals surface area contributed by atoms with Gasteiger partial charge in [-0.25, -0.2) is 9.78 Å². The molecule has 1 atom stereocenters. The summed E-state index contributed by atoms with van der Waals surface area (Å²) in [5.41, 5.74) is 3.57. The summed E-state index contributed by atoms with van der Waals surface area (Å²) in [6.45, 7) is 6.92. The normalized spacial score (nSPS) is 18.4. The number of ether oxygens (including phenoxy) is 2. The first-order chi connectivity index (χ1) is 19.1. The summed E-state index contributed by atoms with van der Waals surface area (Å²) >= 11 is 0. The number of esters is 1. The van der Waals surface area contributed by atoms with E-state index in [-0.39, 0.29) is 11.8 Å². The fraction of sp³-hybridized carbons (Fsp3) is 0.500. The van der Waals surface area contributed by atoms with Crippen LogP contribution < -0.4 is 10.6 Å². The van der Waals surface area contributed by atoms with Crippen molar-refractivity contribution >= 4 is 34.3 Å². The number of nitrogens with zero attached hydrogens (tertiary/aromatic N) is 3. The van der Waals surface area contributed by atoms with E-state index in [0.29, 0.717) is 49.2 Å². The number of methoxy groups -OCH3 is 1. The Hall–Kier alpha value is -3.43. The van der Waals surface area contributed by atoms with Gasteiger partial charge in [0.2, 0.25) is 5.91 Å². The molecule has 4 heterocycles. The van der Waals surface area contributed by atoms with Gasteiger partial charge in [0.1, 0.15) is 5.65 Å². The van der Waals surface area contributed by atoms with E-state index in [9.17, 15) is 9.59 Å². The van der Waals surface area contributed by atoms with Crippen molar-refractivity contribution in [2.24, 2.45) is 5.92 Å². The van der Waals surface area contributed by atoms with Crippen LogP contribution in [0.1, 0.15) is 48.7 Å². The van der Waals surface area contributed by atoms with E-state index >= 15 is 0 Å². The number of hydrogen-bond acceptors (Lipinski definition) is 7. The van der Waals surface area contributed by atoms with Crippen molar-refractivity contribution in [2.45, 2.75) is 51.6 Å². The maximum absolute atomic E-state index is 13.2. The highest BCUT2D eigenvalue weighted by Crippen LogP contribution is 2.34. The SMILES string of the molecule is CCN1CCC(Nc2cnc3c(c2)c(NC(=O)C2CCOC2)c(C(=O)OC)n3CCCc2ccccc2)CC1. The lowest BCUT2D eigenvalue weighted by molar-refractivity contribution is -0.119. The monoisotopic (exact) mass is 533 g/mol. The van der Waals surface area contributed by atoms with Gasteiger partial charge in [-0.15, -0.1) is 0 Å². The molecule has 208 valence electrons. The molecule has 3 aromatic rings. The summed E-state index contributed by atoms with van der Waals surface area (Å²) in [5.74, 6) is -0.886. The van der Waals surface area contributed by atoms with E-state index in [1.54, 1.807) is 0 Å².